The van der Waals surface area contributed by atoms with E-state index in [1.54, 1.807) is 10.4 Å². The lowest BCUT2D eigenvalue weighted by Gasteiger charge is -2.29. The minimum atomic E-state index is -3.38. The van der Waals surface area contributed by atoms with Gasteiger partial charge in [-0.2, -0.15) is 4.31 Å². The van der Waals surface area contributed by atoms with Gasteiger partial charge in [-0.15, -0.1) is 0 Å². The number of para-hydroxylation sites is 1. The van der Waals surface area contributed by atoms with Gasteiger partial charge in [-0.25, -0.2) is 8.42 Å². The maximum absolute atomic E-state index is 12.7. The van der Waals surface area contributed by atoms with Crippen molar-refractivity contribution in [1.82, 2.24) is 9.46 Å². The van der Waals surface area contributed by atoms with Gasteiger partial charge in [0.2, 0.25) is 10.0 Å². The van der Waals surface area contributed by atoms with Crippen molar-refractivity contribution in [2.24, 2.45) is 0 Å². The molecular formula is C16H21N3O3S. The molecule has 7 heteroatoms. The van der Waals surface area contributed by atoms with E-state index in [0.29, 0.717) is 18.8 Å². The summed E-state index contributed by atoms with van der Waals surface area (Å²) in [6.07, 6.45) is 3.18. The summed E-state index contributed by atoms with van der Waals surface area (Å²) in [5.74, 6) is -0.102. The van der Waals surface area contributed by atoms with Gasteiger partial charge in [-0.05, 0) is 25.0 Å². The summed E-state index contributed by atoms with van der Waals surface area (Å²) in [6, 6.07) is 11.6. The lowest BCUT2D eigenvalue weighted by molar-refractivity contribution is 0.385. The molecule has 1 aliphatic rings. The predicted octanol–water partition coefficient (Wildman–Crippen LogP) is 2.11. The van der Waals surface area contributed by atoms with Crippen LogP contribution in [0, 0.1) is 0 Å². The van der Waals surface area contributed by atoms with E-state index in [2.05, 4.69) is 10.1 Å². The fourth-order valence-corrected chi connectivity index (χ4v) is 4.77. The first-order valence-electron chi connectivity index (χ1n) is 7.71. The Kier molecular flexibility index (Phi) is 4.68. The number of nitrogens with zero attached hydrogens (tertiary/aromatic N) is 3. The average Bonchev–Trinajstić information content (AvgIpc) is 3.19. The van der Waals surface area contributed by atoms with E-state index >= 15 is 0 Å². The summed E-state index contributed by atoms with van der Waals surface area (Å²) in [5.41, 5.74) is 1.54. The maximum atomic E-state index is 12.7. The van der Waals surface area contributed by atoms with Crippen molar-refractivity contribution in [3.8, 4) is 0 Å². The third kappa shape index (κ3) is 3.73. The first kappa shape index (κ1) is 16.0. The zero-order valence-corrected chi connectivity index (χ0v) is 13.9. The third-order valence-corrected chi connectivity index (χ3v) is 6.04. The van der Waals surface area contributed by atoms with Gasteiger partial charge in [-0.3, -0.25) is 0 Å². The number of rotatable bonds is 6. The van der Waals surface area contributed by atoms with Crippen LogP contribution in [0.2, 0.25) is 0 Å². The molecule has 1 saturated heterocycles. The number of hydrogen-bond acceptors (Lipinski definition) is 5. The zero-order valence-electron chi connectivity index (χ0n) is 13.1. The van der Waals surface area contributed by atoms with Crippen LogP contribution < -0.4 is 4.90 Å². The molecular weight excluding hydrogens is 314 g/mol. The lowest BCUT2D eigenvalue weighted by Crippen LogP contribution is -2.42. The van der Waals surface area contributed by atoms with E-state index in [-0.39, 0.29) is 11.8 Å². The van der Waals surface area contributed by atoms with Crippen molar-refractivity contribution in [3.05, 3.63) is 48.4 Å². The minimum Gasteiger partial charge on any atom is -0.373 e. The first-order valence-corrected chi connectivity index (χ1v) is 9.32. The Bertz CT molecular complexity index is 716. The van der Waals surface area contributed by atoms with Gasteiger partial charge in [-0.1, -0.05) is 23.4 Å². The molecule has 124 valence electrons. The molecule has 0 amide bonds. The van der Waals surface area contributed by atoms with E-state index in [4.69, 9.17) is 4.52 Å². The SMILES string of the molecule is CN(CC1CCCN1S(=O)(=O)Cc1ccon1)c1ccccc1. The second kappa shape index (κ2) is 6.72. The molecule has 0 spiro atoms. The van der Waals surface area contributed by atoms with Crippen LogP contribution in [0.4, 0.5) is 5.69 Å². The van der Waals surface area contributed by atoms with Gasteiger partial charge >= 0.3 is 0 Å². The Morgan fingerprint density at radius 2 is 2.09 bits per heavy atom. The normalized spacial score (nSPS) is 19.1. The molecule has 0 radical (unpaired) electrons. The van der Waals surface area contributed by atoms with Crippen LogP contribution in [-0.4, -0.2) is 44.1 Å². The highest BCUT2D eigenvalue weighted by molar-refractivity contribution is 7.88. The molecule has 2 aromatic rings. The molecule has 1 fully saturated rings. The highest BCUT2D eigenvalue weighted by atomic mass is 32.2. The van der Waals surface area contributed by atoms with Crippen LogP contribution in [-0.2, 0) is 15.8 Å². The number of likely N-dealkylation sites (N-methyl/N-ethyl adjacent to an activating group) is 1. The van der Waals surface area contributed by atoms with Crippen molar-refractivity contribution in [2.75, 3.05) is 25.0 Å². The second-order valence-corrected chi connectivity index (χ2v) is 7.79. The molecule has 23 heavy (non-hydrogen) atoms. The highest BCUT2D eigenvalue weighted by Gasteiger charge is 2.35. The molecule has 0 aliphatic carbocycles. The van der Waals surface area contributed by atoms with Crippen LogP contribution in [0.3, 0.4) is 0 Å². The largest absolute Gasteiger partial charge is 0.373 e. The van der Waals surface area contributed by atoms with E-state index in [1.807, 2.05) is 37.4 Å². The maximum Gasteiger partial charge on any atom is 0.220 e. The predicted molar refractivity (Wildman–Crippen MR) is 88.6 cm³/mol. The Morgan fingerprint density at radius 3 is 2.78 bits per heavy atom. The van der Waals surface area contributed by atoms with E-state index < -0.39 is 10.0 Å². The van der Waals surface area contributed by atoms with Crippen LogP contribution in [0.15, 0.2) is 47.2 Å². The molecule has 6 nitrogen and oxygen atoms in total. The number of anilines is 1. The molecule has 1 unspecified atom stereocenters. The molecule has 0 N–H and O–H groups in total. The van der Waals surface area contributed by atoms with Crippen LogP contribution >= 0.6 is 0 Å². The molecule has 1 aromatic carbocycles. The van der Waals surface area contributed by atoms with Crippen LogP contribution in [0.25, 0.3) is 0 Å². The topological polar surface area (TPSA) is 66.7 Å². The minimum absolute atomic E-state index is 0.00268. The van der Waals surface area contributed by atoms with Gasteiger partial charge in [0.25, 0.3) is 0 Å². The van der Waals surface area contributed by atoms with Crippen LogP contribution in [0.1, 0.15) is 18.5 Å². The number of sulfonamides is 1. The smallest absolute Gasteiger partial charge is 0.220 e. The average molecular weight is 335 g/mol. The summed E-state index contributed by atoms with van der Waals surface area (Å²) in [5, 5.41) is 3.72. The van der Waals surface area contributed by atoms with E-state index in [0.717, 1.165) is 18.5 Å². The Morgan fingerprint density at radius 1 is 1.30 bits per heavy atom. The zero-order chi connectivity index (χ0) is 16.3. The summed E-state index contributed by atoms with van der Waals surface area (Å²) in [7, 11) is -1.38. The van der Waals surface area contributed by atoms with Crippen molar-refractivity contribution >= 4 is 15.7 Å². The summed E-state index contributed by atoms with van der Waals surface area (Å²) in [6.45, 7) is 1.26. The monoisotopic (exact) mass is 335 g/mol. The lowest BCUT2D eigenvalue weighted by atomic mass is 10.2. The molecule has 1 atom stereocenters. The fourth-order valence-electron chi connectivity index (χ4n) is 3.04. The van der Waals surface area contributed by atoms with Gasteiger partial charge in [0.15, 0.2) is 0 Å². The number of hydrogen-bond donors (Lipinski definition) is 0. The Hall–Kier alpha value is -1.86. The van der Waals surface area contributed by atoms with Gasteiger partial charge in [0.1, 0.15) is 12.0 Å². The van der Waals surface area contributed by atoms with Crippen molar-refractivity contribution in [1.29, 1.82) is 0 Å². The highest BCUT2D eigenvalue weighted by Crippen LogP contribution is 2.25. The van der Waals surface area contributed by atoms with E-state index in [9.17, 15) is 8.42 Å². The summed E-state index contributed by atoms with van der Waals surface area (Å²) in [4.78, 5) is 2.11. The standard InChI is InChI=1S/C16H21N3O3S/c1-18(15-6-3-2-4-7-15)12-16-8-5-10-19(16)23(20,21)13-14-9-11-22-17-14/h2-4,6-7,9,11,16H,5,8,10,12-13H2,1H3. The van der Waals surface area contributed by atoms with Crippen molar-refractivity contribution in [3.63, 3.8) is 0 Å². The van der Waals surface area contributed by atoms with Crippen LogP contribution in [0.5, 0.6) is 0 Å². The number of benzene rings is 1. The Balaban J connectivity index is 1.70. The van der Waals surface area contributed by atoms with Gasteiger partial charge in [0.05, 0.1) is 5.69 Å². The molecule has 1 aromatic heterocycles. The van der Waals surface area contributed by atoms with Crippen molar-refractivity contribution in [2.45, 2.75) is 24.6 Å². The fraction of sp³-hybridized carbons (Fsp3) is 0.438. The first-order chi connectivity index (χ1) is 11.1. The Labute approximate surface area is 136 Å². The molecule has 0 saturated carbocycles. The third-order valence-electron chi connectivity index (χ3n) is 4.18. The quantitative estimate of drug-likeness (QED) is 0.809. The summed E-state index contributed by atoms with van der Waals surface area (Å²) < 4.78 is 31.7. The van der Waals surface area contributed by atoms with Gasteiger partial charge in [0, 0.05) is 37.9 Å². The number of aromatic nitrogens is 1. The summed E-state index contributed by atoms with van der Waals surface area (Å²) >= 11 is 0. The molecule has 0 bridgehead atoms. The van der Waals surface area contributed by atoms with E-state index in [1.165, 1.54) is 6.26 Å². The second-order valence-electron chi connectivity index (χ2n) is 5.87. The molecule has 3 rings (SSSR count). The molecule has 2 heterocycles. The van der Waals surface area contributed by atoms with Gasteiger partial charge < -0.3 is 9.42 Å². The van der Waals surface area contributed by atoms with Crippen molar-refractivity contribution < 1.29 is 12.9 Å². The molecule has 1 aliphatic heterocycles.